The summed E-state index contributed by atoms with van der Waals surface area (Å²) >= 11 is 0. The van der Waals surface area contributed by atoms with Gasteiger partial charge in [-0.2, -0.15) is 4.98 Å². The lowest BCUT2D eigenvalue weighted by atomic mass is 9.76. The first-order chi connectivity index (χ1) is 12.0. The second-order valence-corrected chi connectivity index (χ2v) is 7.80. The van der Waals surface area contributed by atoms with Crippen molar-refractivity contribution in [1.29, 1.82) is 0 Å². The highest BCUT2D eigenvalue weighted by atomic mass is 16.5. The highest BCUT2D eigenvalue weighted by Gasteiger charge is 2.49. The van der Waals surface area contributed by atoms with Crippen molar-refractivity contribution < 1.29 is 19.2 Å². The summed E-state index contributed by atoms with van der Waals surface area (Å²) in [4.78, 5) is 31.6. The molecule has 0 bridgehead atoms. The van der Waals surface area contributed by atoms with Gasteiger partial charge in [-0.25, -0.2) is 4.79 Å². The highest BCUT2D eigenvalue weighted by molar-refractivity contribution is 5.83. The maximum Gasteiger partial charge on any atom is 0.326 e. The van der Waals surface area contributed by atoms with E-state index in [1.54, 1.807) is 0 Å². The molecule has 3 aliphatic rings. The van der Waals surface area contributed by atoms with E-state index >= 15 is 0 Å². The van der Waals surface area contributed by atoms with Crippen LogP contribution in [0.5, 0.6) is 0 Å². The fraction of sp³-hybridized carbons (Fsp3) is 0.765. The third-order valence-electron chi connectivity index (χ3n) is 5.89. The molecule has 1 atom stereocenters. The number of piperidine rings is 1. The van der Waals surface area contributed by atoms with Gasteiger partial charge in [0, 0.05) is 19.4 Å². The highest BCUT2D eigenvalue weighted by Crippen LogP contribution is 2.44. The van der Waals surface area contributed by atoms with E-state index in [0.29, 0.717) is 25.4 Å². The largest absolute Gasteiger partial charge is 0.480 e. The molecule has 8 heteroatoms. The first-order valence-electron chi connectivity index (χ1n) is 9.01. The van der Waals surface area contributed by atoms with E-state index in [0.717, 1.165) is 50.5 Å². The van der Waals surface area contributed by atoms with Crippen LogP contribution in [-0.4, -0.2) is 62.6 Å². The van der Waals surface area contributed by atoms with Crippen LogP contribution in [0.4, 0.5) is 0 Å². The van der Waals surface area contributed by atoms with Gasteiger partial charge in [0.05, 0.1) is 6.54 Å². The van der Waals surface area contributed by atoms with Gasteiger partial charge >= 0.3 is 5.97 Å². The van der Waals surface area contributed by atoms with Crippen LogP contribution >= 0.6 is 0 Å². The summed E-state index contributed by atoms with van der Waals surface area (Å²) in [6.07, 6.45) is 4.64. The number of amides is 1. The van der Waals surface area contributed by atoms with E-state index in [2.05, 4.69) is 15.0 Å². The van der Waals surface area contributed by atoms with Crippen LogP contribution in [0.15, 0.2) is 4.52 Å². The van der Waals surface area contributed by atoms with E-state index in [-0.39, 0.29) is 11.3 Å². The summed E-state index contributed by atoms with van der Waals surface area (Å²) in [5, 5.41) is 13.5. The van der Waals surface area contributed by atoms with Crippen LogP contribution in [0.25, 0.3) is 0 Å². The zero-order valence-electron chi connectivity index (χ0n) is 14.5. The molecule has 3 heterocycles. The topological polar surface area (TPSA) is 99.8 Å². The van der Waals surface area contributed by atoms with Crippen molar-refractivity contribution in [3.05, 3.63) is 11.7 Å². The first-order valence-corrected chi connectivity index (χ1v) is 9.01. The molecule has 2 saturated heterocycles. The van der Waals surface area contributed by atoms with Crippen molar-refractivity contribution in [2.45, 2.75) is 57.5 Å². The molecular weight excluding hydrogens is 324 g/mol. The SMILES string of the molecule is CC(=O)N1CC2(CCN(Cc3noc(C4CC4)n3)CC2)CC1C(=O)O. The Bertz CT molecular complexity index is 652. The average Bonchev–Trinajstić information content (AvgIpc) is 3.20. The lowest BCUT2D eigenvalue weighted by Crippen LogP contribution is -2.42. The predicted octanol–water partition coefficient (Wildman–Crippen LogP) is 1.23. The van der Waals surface area contributed by atoms with E-state index in [1.807, 2.05) is 0 Å². The minimum atomic E-state index is -0.895. The average molecular weight is 348 g/mol. The van der Waals surface area contributed by atoms with Crippen molar-refractivity contribution in [3.8, 4) is 0 Å². The lowest BCUT2D eigenvalue weighted by Gasteiger charge is -2.38. The first kappa shape index (κ1) is 16.5. The van der Waals surface area contributed by atoms with Gasteiger partial charge < -0.3 is 14.5 Å². The van der Waals surface area contributed by atoms with Crippen molar-refractivity contribution in [2.75, 3.05) is 19.6 Å². The van der Waals surface area contributed by atoms with Gasteiger partial charge in [0.1, 0.15) is 6.04 Å². The Hall–Kier alpha value is -1.96. The molecule has 4 rings (SSSR count). The van der Waals surface area contributed by atoms with Gasteiger partial charge in [0.25, 0.3) is 0 Å². The smallest absolute Gasteiger partial charge is 0.326 e. The molecule has 0 radical (unpaired) electrons. The number of aromatic nitrogens is 2. The number of rotatable bonds is 4. The zero-order chi connectivity index (χ0) is 17.6. The number of likely N-dealkylation sites (tertiary alicyclic amines) is 2. The van der Waals surface area contributed by atoms with Gasteiger partial charge in [0.15, 0.2) is 5.82 Å². The molecule has 1 aromatic rings. The molecule has 1 saturated carbocycles. The van der Waals surface area contributed by atoms with Crippen molar-refractivity contribution in [2.24, 2.45) is 5.41 Å². The fourth-order valence-corrected chi connectivity index (χ4v) is 4.18. The van der Waals surface area contributed by atoms with Crippen molar-refractivity contribution in [1.82, 2.24) is 19.9 Å². The Kier molecular flexibility index (Phi) is 4.02. The number of hydrogen-bond donors (Lipinski definition) is 1. The van der Waals surface area contributed by atoms with E-state index < -0.39 is 12.0 Å². The summed E-state index contributed by atoms with van der Waals surface area (Å²) in [6, 6.07) is -0.678. The molecule has 1 aromatic heterocycles. The molecule has 1 N–H and O–H groups in total. The van der Waals surface area contributed by atoms with Crippen LogP contribution in [-0.2, 0) is 16.1 Å². The molecule has 25 heavy (non-hydrogen) atoms. The minimum absolute atomic E-state index is 0.0678. The Balaban J connectivity index is 1.35. The zero-order valence-corrected chi connectivity index (χ0v) is 14.5. The molecule has 8 nitrogen and oxygen atoms in total. The van der Waals surface area contributed by atoms with Gasteiger partial charge in [0.2, 0.25) is 11.8 Å². The van der Waals surface area contributed by atoms with Crippen LogP contribution in [0.1, 0.15) is 56.7 Å². The third kappa shape index (κ3) is 3.27. The number of carbonyl (C=O) groups excluding carboxylic acids is 1. The second-order valence-electron chi connectivity index (χ2n) is 7.80. The molecule has 1 unspecified atom stereocenters. The summed E-state index contributed by atoms with van der Waals surface area (Å²) in [7, 11) is 0. The normalized spacial score (nSPS) is 26.3. The molecule has 3 fully saturated rings. The van der Waals surface area contributed by atoms with Crippen LogP contribution in [0, 0.1) is 5.41 Å². The quantitative estimate of drug-likeness (QED) is 0.873. The third-order valence-corrected chi connectivity index (χ3v) is 5.89. The van der Waals surface area contributed by atoms with Crippen molar-refractivity contribution in [3.63, 3.8) is 0 Å². The molecule has 1 amide bonds. The monoisotopic (exact) mass is 348 g/mol. The number of aliphatic carboxylic acids is 1. The summed E-state index contributed by atoms with van der Waals surface area (Å²) in [5.41, 5.74) is -0.0678. The molecule has 0 aromatic carbocycles. The summed E-state index contributed by atoms with van der Waals surface area (Å²) in [6.45, 7) is 4.42. The maximum absolute atomic E-state index is 11.8. The number of carboxylic acid groups (broad SMARTS) is 1. The van der Waals surface area contributed by atoms with Gasteiger partial charge in [-0.05, 0) is 50.6 Å². The summed E-state index contributed by atoms with van der Waals surface area (Å²) < 4.78 is 5.31. The fourth-order valence-electron chi connectivity index (χ4n) is 4.18. The van der Waals surface area contributed by atoms with Crippen LogP contribution in [0.2, 0.25) is 0 Å². The molecular formula is C17H24N4O4. The maximum atomic E-state index is 11.8. The molecule has 2 aliphatic heterocycles. The minimum Gasteiger partial charge on any atom is -0.480 e. The summed E-state index contributed by atoms with van der Waals surface area (Å²) in [5.74, 6) is 0.925. The van der Waals surface area contributed by atoms with E-state index in [9.17, 15) is 14.7 Å². The Morgan fingerprint density at radius 3 is 2.60 bits per heavy atom. The molecule has 1 spiro atoms. The Labute approximate surface area is 146 Å². The second kappa shape index (κ2) is 6.09. The van der Waals surface area contributed by atoms with Gasteiger partial charge in [-0.15, -0.1) is 0 Å². The number of hydrogen-bond acceptors (Lipinski definition) is 6. The Morgan fingerprint density at radius 1 is 1.32 bits per heavy atom. The van der Waals surface area contributed by atoms with Gasteiger partial charge in [-0.3, -0.25) is 9.69 Å². The number of carboxylic acids is 1. The number of nitrogens with zero attached hydrogens (tertiary/aromatic N) is 4. The van der Waals surface area contributed by atoms with E-state index in [4.69, 9.17) is 4.52 Å². The lowest BCUT2D eigenvalue weighted by molar-refractivity contribution is -0.147. The number of carbonyl (C=O) groups is 2. The van der Waals surface area contributed by atoms with Crippen LogP contribution < -0.4 is 0 Å². The molecule has 1 aliphatic carbocycles. The van der Waals surface area contributed by atoms with Gasteiger partial charge in [-0.1, -0.05) is 5.16 Å². The molecule has 136 valence electrons. The van der Waals surface area contributed by atoms with E-state index in [1.165, 1.54) is 11.8 Å². The van der Waals surface area contributed by atoms with Crippen molar-refractivity contribution >= 4 is 11.9 Å². The Morgan fingerprint density at radius 2 is 2.04 bits per heavy atom. The van der Waals surface area contributed by atoms with Crippen LogP contribution in [0.3, 0.4) is 0 Å². The standard InChI is InChI=1S/C17H24N4O4/c1-11(22)21-10-17(8-13(21)16(23)24)4-6-20(7-5-17)9-14-18-15(25-19-14)12-2-3-12/h12-13H,2-10H2,1H3,(H,23,24). The predicted molar refractivity (Wildman–Crippen MR) is 86.6 cm³/mol.